The molecule has 3 rings (SSSR count). The molecule has 146 valence electrons. The van der Waals surface area contributed by atoms with Gasteiger partial charge >= 0.3 is 5.97 Å². The van der Waals surface area contributed by atoms with Crippen LogP contribution >= 0.6 is 11.3 Å². The van der Waals surface area contributed by atoms with Crippen LogP contribution in [0.3, 0.4) is 0 Å². The van der Waals surface area contributed by atoms with Crippen LogP contribution in [0.2, 0.25) is 0 Å². The number of nitriles is 1. The van der Waals surface area contributed by atoms with Crippen LogP contribution in [0.4, 0.5) is 4.39 Å². The maximum atomic E-state index is 13.8. The number of aromatic nitrogens is 1. The van der Waals surface area contributed by atoms with Crippen LogP contribution in [0, 0.1) is 24.1 Å². The van der Waals surface area contributed by atoms with Crippen molar-refractivity contribution in [2.24, 2.45) is 0 Å². The summed E-state index contributed by atoms with van der Waals surface area (Å²) < 4.78 is 24.2. The van der Waals surface area contributed by atoms with Gasteiger partial charge in [-0.05, 0) is 37.3 Å². The van der Waals surface area contributed by atoms with Crippen molar-refractivity contribution in [2.75, 3.05) is 6.61 Å². The minimum atomic E-state index is -1.07. The Morgan fingerprint density at radius 1 is 1.34 bits per heavy atom. The Labute approximate surface area is 169 Å². The van der Waals surface area contributed by atoms with Crippen molar-refractivity contribution in [1.29, 1.82) is 5.26 Å². The average Bonchev–Trinajstić information content (AvgIpc) is 3.35. The van der Waals surface area contributed by atoms with Crippen molar-refractivity contribution in [3.05, 3.63) is 70.1 Å². The lowest BCUT2D eigenvalue weighted by atomic mass is 10.1. The lowest BCUT2D eigenvalue weighted by Crippen LogP contribution is -2.19. The second-order valence-electron chi connectivity index (χ2n) is 5.98. The number of nitrogens with zero attached hydrogens (tertiary/aromatic N) is 2. The number of halogens is 1. The normalized spacial score (nSPS) is 11.9. The number of hydrogen-bond donors (Lipinski definition) is 0. The van der Waals surface area contributed by atoms with Crippen LogP contribution in [0.15, 0.2) is 52.3 Å². The monoisotopic (exact) mass is 410 g/mol. The lowest BCUT2D eigenvalue weighted by Gasteiger charge is -2.05. The summed E-state index contributed by atoms with van der Waals surface area (Å²) in [6.07, 6.45) is 2.44. The molecule has 2 heterocycles. The van der Waals surface area contributed by atoms with Crippen LogP contribution in [0.25, 0.3) is 17.4 Å². The molecule has 0 fully saturated rings. The van der Waals surface area contributed by atoms with E-state index < -0.39 is 30.1 Å². The number of hydrogen-bond acceptors (Lipinski definition) is 7. The summed E-state index contributed by atoms with van der Waals surface area (Å²) in [6.45, 7) is 1.22. The van der Waals surface area contributed by atoms with Crippen molar-refractivity contribution in [3.8, 4) is 17.4 Å². The molecule has 0 spiro atoms. The van der Waals surface area contributed by atoms with Crippen LogP contribution in [-0.4, -0.2) is 23.3 Å². The van der Waals surface area contributed by atoms with E-state index in [2.05, 4.69) is 4.98 Å². The van der Waals surface area contributed by atoms with Gasteiger partial charge in [0.2, 0.25) is 0 Å². The first-order valence-corrected chi connectivity index (χ1v) is 9.40. The van der Waals surface area contributed by atoms with E-state index >= 15 is 0 Å². The van der Waals surface area contributed by atoms with Gasteiger partial charge in [0, 0.05) is 17.2 Å². The topological polar surface area (TPSA) is 93.2 Å². The maximum absolute atomic E-state index is 13.8. The number of Topliss-reactive ketones (excluding diaryl/α,β-unsaturated/α-hetero) is 1. The number of rotatable bonds is 7. The fourth-order valence-corrected chi connectivity index (χ4v) is 3.30. The lowest BCUT2D eigenvalue weighted by molar-refractivity contribution is -0.143. The molecule has 29 heavy (non-hydrogen) atoms. The number of carbonyl (C=O) groups is 2. The summed E-state index contributed by atoms with van der Waals surface area (Å²) >= 11 is 1.21. The summed E-state index contributed by atoms with van der Waals surface area (Å²) in [5.74, 6) is -2.17. The number of esters is 1. The maximum Gasteiger partial charge on any atom is 0.331 e. The Bertz CT molecular complexity index is 1110. The number of aryl methyl sites for hydroxylation is 1. The summed E-state index contributed by atoms with van der Waals surface area (Å²) in [4.78, 5) is 28.1. The van der Waals surface area contributed by atoms with Gasteiger partial charge in [-0.2, -0.15) is 5.26 Å². The molecule has 8 heteroatoms. The second kappa shape index (κ2) is 9.08. The Balaban J connectivity index is 1.57. The fourth-order valence-electron chi connectivity index (χ4n) is 2.44. The number of carbonyl (C=O) groups excluding carboxylic acids is 2. The third kappa shape index (κ3) is 5.03. The molecule has 1 atom stereocenters. The number of benzene rings is 1. The van der Waals surface area contributed by atoms with E-state index in [0.717, 1.165) is 6.08 Å². The summed E-state index contributed by atoms with van der Waals surface area (Å²) in [6, 6.07) is 11.2. The van der Waals surface area contributed by atoms with E-state index in [1.165, 1.54) is 23.5 Å². The van der Waals surface area contributed by atoms with Crippen molar-refractivity contribution in [1.82, 2.24) is 4.98 Å². The van der Waals surface area contributed by atoms with E-state index in [1.807, 2.05) is 6.07 Å². The molecule has 0 bridgehead atoms. The molecule has 0 saturated heterocycles. The summed E-state index contributed by atoms with van der Waals surface area (Å²) in [7, 11) is 0. The Morgan fingerprint density at radius 2 is 2.14 bits per heavy atom. The van der Waals surface area contributed by atoms with Gasteiger partial charge in [0.1, 0.15) is 22.3 Å². The predicted octanol–water partition coefficient (Wildman–Crippen LogP) is 4.28. The highest BCUT2D eigenvalue weighted by molar-refractivity contribution is 7.09. The molecule has 0 aliphatic rings. The van der Waals surface area contributed by atoms with Crippen molar-refractivity contribution < 1.29 is 23.1 Å². The van der Waals surface area contributed by atoms with E-state index in [1.54, 1.807) is 42.6 Å². The zero-order valence-corrected chi connectivity index (χ0v) is 16.1. The zero-order chi connectivity index (χ0) is 20.8. The van der Waals surface area contributed by atoms with Gasteiger partial charge < -0.3 is 9.15 Å². The van der Waals surface area contributed by atoms with Crippen molar-refractivity contribution in [3.63, 3.8) is 0 Å². The molecule has 0 aliphatic heterocycles. The first-order chi connectivity index (χ1) is 14.0. The van der Waals surface area contributed by atoms with E-state index in [9.17, 15) is 19.2 Å². The molecule has 3 aromatic rings. The van der Waals surface area contributed by atoms with Crippen LogP contribution < -0.4 is 0 Å². The van der Waals surface area contributed by atoms with Crippen molar-refractivity contribution in [2.45, 2.75) is 12.8 Å². The van der Waals surface area contributed by atoms with E-state index in [0.29, 0.717) is 27.8 Å². The summed E-state index contributed by atoms with van der Waals surface area (Å²) in [5.41, 5.74) is 1.02. The molecular weight excluding hydrogens is 395 g/mol. The Morgan fingerprint density at radius 3 is 2.83 bits per heavy atom. The molecule has 0 N–H and O–H groups in total. The quantitative estimate of drug-likeness (QED) is 0.426. The number of thiazole rings is 1. The SMILES string of the molecule is Cc1csc([C@H](C#N)C(=O)COC(=O)/C=C/c2ccc(-c3ccccc3F)o2)n1. The molecule has 0 amide bonds. The highest BCUT2D eigenvalue weighted by atomic mass is 32.1. The molecule has 0 radical (unpaired) electrons. The standard InChI is InChI=1S/C21H15FN2O4S/c1-13-12-29-21(24-13)16(10-23)18(25)11-27-20(26)9-7-14-6-8-19(28-14)15-4-2-3-5-17(15)22/h2-9,12,16H,11H2,1H3/b9-7+/t16-/m1/s1. The van der Waals surface area contributed by atoms with Gasteiger partial charge in [-0.15, -0.1) is 11.3 Å². The third-order valence-electron chi connectivity index (χ3n) is 3.84. The molecule has 6 nitrogen and oxygen atoms in total. The van der Waals surface area contributed by atoms with Gasteiger partial charge in [0.25, 0.3) is 0 Å². The van der Waals surface area contributed by atoms with Gasteiger partial charge in [-0.3, -0.25) is 4.79 Å². The minimum absolute atomic E-state index is 0.306. The molecular formula is C21H15FN2O4S. The molecule has 0 saturated carbocycles. The Kier molecular flexibility index (Phi) is 6.32. The zero-order valence-electron chi connectivity index (χ0n) is 15.3. The Hall–Kier alpha value is -3.57. The van der Waals surface area contributed by atoms with E-state index in [4.69, 9.17) is 9.15 Å². The molecule has 0 unspecified atom stereocenters. The van der Waals surface area contributed by atoms with Crippen LogP contribution in [0.1, 0.15) is 22.4 Å². The number of furan rings is 1. The minimum Gasteiger partial charge on any atom is -0.457 e. The van der Waals surface area contributed by atoms with Crippen LogP contribution in [-0.2, 0) is 14.3 Å². The van der Waals surface area contributed by atoms with Crippen molar-refractivity contribution >= 4 is 29.2 Å². The number of ketones is 1. The fraction of sp³-hybridized carbons (Fsp3) is 0.143. The highest BCUT2D eigenvalue weighted by Crippen LogP contribution is 2.25. The van der Waals surface area contributed by atoms with Gasteiger partial charge in [0.05, 0.1) is 11.6 Å². The predicted molar refractivity (Wildman–Crippen MR) is 104 cm³/mol. The van der Waals surface area contributed by atoms with Gasteiger partial charge in [0.15, 0.2) is 18.3 Å². The molecule has 1 aromatic carbocycles. The average molecular weight is 410 g/mol. The molecule has 2 aromatic heterocycles. The smallest absolute Gasteiger partial charge is 0.331 e. The van der Waals surface area contributed by atoms with Crippen LogP contribution in [0.5, 0.6) is 0 Å². The largest absolute Gasteiger partial charge is 0.457 e. The molecule has 0 aliphatic carbocycles. The van der Waals surface area contributed by atoms with Gasteiger partial charge in [-0.25, -0.2) is 14.2 Å². The van der Waals surface area contributed by atoms with Gasteiger partial charge in [-0.1, -0.05) is 12.1 Å². The first-order valence-electron chi connectivity index (χ1n) is 8.52. The van der Waals surface area contributed by atoms with E-state index in [-0.39, 0.29) is 0 Å². The third-order valence-corrected chi connectivity index (χ3v) is 4.87. The second-order valence-corrected chi connectivity index (χ2v) is 6.87. The number of ether oxygens (including phenoxy) is 1. The summed E-state index contributed by atoms with van der Waals surface area (Å²) in [5, 5.41) is 11.3. The highest BCUT2D eigenvalue weighted by Gasteiger charge is 2.24. The first kappa shape index (κ1) is 20.2.